The zero-order valence-electron chi connectivity index (χ0n) is 17.6. The van der Waals surface area contributed by atoms with E-state index in [1.807, 2.05) is 30.3 Å². The molecule has 2 aromatic rings. The number of amides is 1. The number of aliphatic imine (C=N–C) groups is 1. The van der Waals surface area contributed by atoms with Gasteiger partial charge in [0.2, 0.25) is 5.91 Å². The van der Waals surface area contributed by atoms with E-state index in [1.54, 1.807) is 30.9 Å². The van der Waals surface area contributed by atoms with Crippen LogP contribution in [0.1, 0.15) is 31.0 Å². The maximum atomic E-state index is 13.4. The number of nitro groups is 1. The zero-order chi connectivity index (χ0) is 22.8. The molecule has 4 rings (SSSR count). The van der Waals surface area contributed by atoms with E-state index in [1.165, 1.54) is 23.9 Å². The summed E-state index contributed by atoms with van der Waals surface area (Å²) < 4.78 is 5.19. The van der Waals surface area contributed by atoms with Gasteiger partial charge in [-0.05, 0) is 37.0 Å². The normalized spacial score (nSPS) is 20.1. The number of hydrogen-bond acceptors (Lipinski definition) is 7. The molecule has 9 heteroatoms. The van der Waals surface area contributed by atoms with E-state index in [0.29, 0.717) is 22.7 Å². The molecule has 2 aliphatic rings. The third-order valence-electron chi connectivity index (χ3n) is 5.34. The number of esters is 1. The fraction of sp³-hybridized carbons (Fsp3) is 0.261. The van der Waals surface area contributed by atoms with Crippen molar-refractivity contribution in [3.63, 3.8) is 0 Å². The Morgan fingerprint density at radius 1 is 1.22 bits per heavy atom. The number of carbonyl (C=O) groups excluding carboxylic acids is 2. The van der Waals surface area contributed by atoms with Gasteiger partial charge in [0.15, 0.2) is 10.9 Å². The Morgan fingerprint density at radius 2 is 1.97 bits per heavy atom. The zero-order valence-corrected chi connectivity index (χ0v) is 18.4. The Hall–Kier alpha value is -3.46. The second-order valence-electron chi connectivity index (χ2n) is 7.41. The number of benzene rings is 2. The van der Waals surface area contributed by atoms with Crippen LogP contribution >= 0.6 is 11.8 Å². The molecule has 0 saturated carbocycles. The maximum absolute atomic E-state index is 13.4. The minimum Gasteiger partial charge on any atom is -0.461 e. The summed E-state index contributed by atoms with van der Waals surface area (Å²) in [4.78, 5) is 42.8. The van der Waals surface area contributed by atoms with E-state index in [0.717, 1.165) is 5.56 Å². The fourth-order valence-corrected chi connectivity index (χ4v) is 5.09. The highest BCUT2D eigenvalue weighted by Gasteiger charge is 2.46. The number of amidine groups is 1. The predicted molar refractivity (Wildman–Crippen MR) is 121 cm³/mol. The number of non-ortho nitro benzene ring substituents is 1. The number of hydrogen-bond donors (Lipinski definition) is 0. The molecular weight excluding hydrogens is 430 g/mol. The van der Waals surface area contributed by atoms with Gasteiger partial charge < -0.3 is 4.74 Å². The smallest absolute Gasteiger partial charge is 0.357 e. The van der Waals surface area contributed by atoms with Crippen LogP contribution in [0.15, 0.2) is 70.9 Å². The fourth-order valence-electron chi connectivity index (χ4n) is 3.89. The van der Waals surface area contributed by atoms with Gasteiger partial charge in [-0.2, -0.15) is 0 Å². The molecule has 164 valence electrons. The van der Waals surface area contributed by atoms with Crippen LogP contribution in [0, 0.1) is 10.1 Å². The van der Waals surface area contributed by atoms with Crippen molar-refractivity contribution >= 4 is 34.5 Å². The molecule has 0 unspecified atom stereocenters. The largest absolute Gasteiger partial charge is 0.461 e. The van der Waals surface area contributed by atoms with Gasteiger partial charge in [0.25, 0.3) is 5.69 Å². The van der Waals surface area contributed by atoms with Crippen molar-refractivity contribution in [3.05, 3.63) is 87.1 Å². The second kappa shape index (κ2) is 8.96. The molecule has 2 aromatic carbocycles. The first-order chi connectivity index (χ1) is 15.4. The van der Waals surface area contributed by atoms with Crippen LogP contribution in [0.25, 0.3) is 0 Å². The average molecular weight is 452 g/mol. The summed E-state index contributed by atoms with van der Waals surface area (Å²) in [5.74, 6) is -0.662. The molecule has 32 heavy (non-hydrogen) atoms. The molecule has 8 nitrogen and oxygen atoms in total. The monoisotopic (exact) mass is 451 g/mol. The van der Waals surface area contributed by atoms with Crippen LogP contribution in [0.4, 0.5) is 5.69 Å². The Morgan fingerprint density at radius 3 is 2.66 bits per heavy atom. The first-order valence-corrected chi connectivity index (χ1v) is 11.0. The Balaban J connectivity index is 1.70. The molecular formula is C23H21N3O5S. The van der Waals surface area contributed by atoms with Gasteiger partial charge in [0, 0.05) is 12.1 Å². The van der Waals surface area contributed by atoms with E-state index in [-0.39, 0.29) is 23.9 Å². The number of ether oxygens (including phenoxy) is 1. The molecule has 2 atom stereocenters. The van der Waals surface area contributed by atoms with Crippen molar-refractivity contribution in [1.29, 1.82) is 0 Å². The standard InChI is InChI=1S/C23H21N3O5S/c1-3-31-22(28)19-14(2)20(16-9-5-4-6-10-16)25-21(27)18(32-23(25)24-19)13-15-8-7-11-17(12-15)26(29)30/h4-12,18,20H,3,13H2,1-2H3/t18-,20-/m1/s1. The van der Waals surface area contributed by atoms with E-state index < -0.39 is 22.2 Å². The van der Waals surface area contributed by atoms with Crippen LogP contribution in [0.5, 0.6) is 0 Å². The van der Waals surface area contributed by atoms with E-state index in [9.17, 15) is 19.7 Å². The molecule has 0 spiro atoms. The minimum atomic E-state index is -0.520. The van der Waals surface area contributed by atoms with Gasteiger partial charge in [-0.3, -0.25) is 19.8 Å². The highest BCUT2D eigenvalue weighted by molar-refractivity contribution is 8.15. The van der Waals surface area contributed by atoms with Crippen LogP contribution < -0.4 is 0 Å². The molecule has 2 heterocycles. The number of fused-ring (bicyclic) bond motifs is 1. The lowest BCUT2D eigenvalue weighted by Gasteiger charge is -2.32. The molecule has 1 saturated heterocycles. The van der Waals surface area contributed by atoms with Crippen molar-refractivity contribution in [3.8, 4) is 0 Å². The van der Waals surface area contributed by atoms with Gasteiger partial charge in [0.05, 0.1) is 22.8 Å². The summed E-state index contributed by atoms with van der Waals surface area (Å²) in [5, 5.41) is 11.0. The molecule has 2 aliphatic heterocycles. The molecule has 0 aromatic heterocycles. The number of thioether (sulfide) groups is 1. The highest BCUT2D eigenvalue weighted by atomic mass is 32.2. The first kappa shape index (κ1) is 21.8. The molecule has 1 fully saturated rings. The number of rotatable bonds is 6. The Bertz CT molecular complexity index is 1150. The van der Waals surface area contributed by atoms with Gasteiger partial charge in [0.1, 0.15) is 0 Å². The lowest BCUT2D eigenvalue weighted by molar-refractivity contribution is -0.384. The molecule has 0 aliphatic carbocycles. The summed E-state index contributed by atoms with van der Waals surface area (Å²) in [5.41, 5.74) is 2.39. The maximum Gasteiger partial charge on any atom is 0.357 e. The van der Waals surface area contributed by atoms with Crippen LogP contribution in [0.2, 0.25) is 0 Å². The summed E-state index contributed by atoms with van der Waals surface area (Å²) in [6, 6.07) is 15.3. The molecule has 0 bridgehead atoms. The Labute approximate surface area is 189 Å². The van der Waals surface area contributed by atoms with Crippen molar-refractivity contribution in [2.75, 3.05) is 6.61 Å². The summed E-state index contributed by atoms with van der Waals surface area (Å²) in [6.07, 6.45) is 0.315. The van der Waals surface area contributed by atoms with Crippen LogP contribution in [-0.4, -0.2) is 38.7 Å². The summed E-state index contributed by atoms with van der Waals surface area (Å²) in [6.45, 7) is 3.74. The third kappa shape index (κ3) is 4.03. The average Bonchev–Trinajstić information content (AvgIpc) is 3.09. The second-order valence-corrected chi connectivity index (χ2v) is 8.58. The van der Waals surface area contributed by atoms with Crippen molar-refractivity contribution < 1.29 is 19.2 Å². The quantitative estimate of drug-likeness (QED) is 0.373. The predicted octanol–water partition coefficient (Wildman–Crippen LogP) is 4.03. The lowest BCUT2D eigenvalue weighted by atomic mass is 9.95. The SMILES string of the molecule is CCOC(=O)C1=C(C)[C@H](c2ccccc2)N2C(=O)[C@@H](Cc3cccc([N+](=O)[O-])c3)SC2=N1. The molecule has 0 radical (unpaired) electrons. The highest BCUT2D eigenvalue weighted by Crippen LogP contribution is 2.43. The minimum absolute atomic E-state index is 0.0164. The van der Waals surface area contributed by atoms with Crippen LogP contribution in [-0.2, 0) is 20.7 Å². The number of carbonyl (C=O) groups is 2. The topological polar surface area (TPSA) is 102 Å². The molecule has 1 amide bonds. The van der Waals surface area contributed by atoms with Crippen molar-refractivity contribution in [2.24, 2.45) is 4.99 Å². The van der Waals surface area contributed by atoms with E-state index in [4.69, 9.17) is 4.74 Å². The third-order valence-corrected chi connectivity index (χ3v) is 6.49. The van der Waals surface area contributed by atoms with Gasteiger partial charge in [-0.1, -0.05) is 54.2 Å². The van der Waals surface area contributed by atoms with E-state index >= 15 is 0 Å². The van der Waals surface area contributed by atoms with Gasteiger partial charge in [-0.25, -0.2) is 9.79 Å². The lowest BCUT2D eigenvalue weighted by Crippen LogP contribution is -2.39. The summed E-state index contributed by atoms with van der Waals surface area (Å²) in [7, 11) is 0. The van der Waals surface area contributed by atoms with E-state index in [2.05, 4.69) is 4.99 Å². The summed E-state index contributed by atoms with van der Waals surface area (Å²) >= 11 is 1.27. The number of nitro benzene ring substituents is 1. The Kier molecular flexibility index (Phi) is 6.09. The van der Waals surface area contributed by atoms with Gasteiger partial charge >= 0.3 is 5.97 Å². The van der Waals surface area contributed by atoms with Crippen LogP contribution in [0.3, 0.4) is 0 Å². The van der Waals surface area contributed by atoms with Crippen molar-refractivity contribution in [1.82, 2.24) is 4.90 Å². The number of nitrogens with zero attached hydrogens (tertiary/aromatic N) is 3. The van der Waals surface area contributed by atoms with Crippen molar-refractivity contribution in [2.45, 2.75) is 31.6 Å². The first-order valence-electron chi connectivity index (χ1n) is 10.1. The van der Waals surface area contributed by atoms with Gasteiger partial charge in [-0.15, -0.1) is 0 Å². The molecule has 0 N–H and O–H groups in total.